The van der Waals surface area contributed by atoms with Crippen molar-refractivity contribution in [3.8, 4) is 16.9 Å². The van der Waals surface area contributed by atoms with Gasteiger partial charge < -0.3 is 19.5 Å². The third-order valence-corrected chi connectivity index (χ3v) is 5.75. The number of nitrogens with one attached hydrogen (secondary N) is 1. The number of methoxy groups -OCH3 is 1. The molecule has 3 aromatic rings. The Kier molecular flexibility index (Phi) is 6.92. The van der Waals surface area contributed by atoms with Crippen molar-refractivity contribution in [3.63, 3.8) is 0 Å². The summed E-state index contributed by atoms with van der Waals surface area (Å²) in [4.78, 5) is 36.0. The lowest BCUT2D eigenvalue weighted by molar-refractivity contribution is -0.143. The minimum Gasteiger partial charge on any atom is -0.467 e. The van der Waals surface area contributed by atoms with Crippen LogP contribution in [0.5, 0.6) is 5.75 Å². The Balaban J connectivity index is 1.41. The van der Waals surface area contributed by atoms with Crippen LogP contribution in [0.4, 0.5) is 4.79 Å². The molecule has 1 N–H and O–H groups in total. The maximum atomic E-state index is 12.6. The number of rotatable bonds is 7. The number of esters is 2. The Morgan fingerprint density at radius 3 is 2.03 bits per heavy atom. The van der Waals surface area contributed by atoms with Gasteiger partial charge in [-0.1, -0.05) is 60.7 Å². The number of benzene rings is 3. The van der Waals surface area contributed by atoms with E-state index in [2.05, 4.69) is 17.4 Å². The molecule has 7 heteroatoms. The zero-order valence-electron chi connectivity index (χ0n) is 18.9. The van der Waals surface area contributed by atoms with Gasteiger partial charge in [-0.25, -0.2) is 9.59 Å². The second kappa shape index (κ2) is 10.2. The number of hydrogen-bond acceptors (Lipinski definition) is 6. The monoisotopic (exact) mass is 459 g/mol. The van der Waals surface area contributed by atoms with Crippen LogP contribution in [-0.2, 0) is 25.5 Å². The fourth-order valence-electron chi connectivity index (χ4n) is 4.21. The summed E-state index contributed by atoms with van der Waals surface area (Å²) >= 11 is 0. The van der Waals surface area contributed by atoms with Gasteiger partial charge in [-0.3, -0.25) is 4.79 Å². The minimum absolute atomic E-state index is 0.0800. The van der Waals surface area contributed by atoms with Crippen LogP contribution in [0.1, 0.15) is 29.5 Å². The van der Waals surface area contributed by atoms with E-state index in [0.29, 0.717) is 5.75 Å². The van der Waals surface area contributed by atoms with Gasteiger partial charge in [-0.05, 0) is 39.9 Å². The normalized spacial score (nSPS) is 12.8. The summed E-state index contributed by atoms with van der Waals surface area (Å²) in [5, 5.41) is 2.61. The third kappa shape index (κ3) is 5.09. The molecule has 3 aromatic carbocycles. The molecule has 34 heavy (non-hydrogen) atoms. The molecule has 0 aliphatic heterocycles. The highest BCUT2D eigenvalue weighted by molar-refractivity contribution is 5.82. The van der Waals surface area contributed by atoms with E-state index in [1.165, 1.54) is 14.0 Å². The topological polar surface area (TPSA) is 90.9 Å². The molecule has 0 heterocycles. The number of amides is 1. The predicted octanol–water partition coefficient (Wildman–Crippen LogP) is 4.23. The Labute approximate surface area is 197 Å². The molecular weight excluding hydrogens is 434 g/mol. The number of fused-ring (bicyclic) bond motifs is 3. The Bertz CT molecular complexity index is 1160. The zero-order valence-corrected chi connectivity index (χ0v) is 18.9. The number of carbonyl (C=O) groups is 3. The van der Waals surface area contributed by atoms with Crippen molar-refractivity contribution in [2.45, 2.75) is 25.3 Å². The summed E-state index contributed by atoms with van der Waals surface area (Å²) in [5.41, 5.74) is 5.24. The molecule has 0 aromatic heterocycles. The van der Waals surface area contributed by atoms with E-state index >= 15 is 0 Å². The molecule has 0 fully saturated rings. The van der Waals surface area contributed by atoms with Crippen LogP contribution in [0.3, 0.4) is 0 Å². The van der Waals surface area contributed by atoms with Gasteiger partial charge in [0.1, 0.15) is 18.4 Å². The van der Waals surface area contributed by atoms with Crippen molar-refractivity contribution in [1.82, 2.24) is 5.32 Å². The van der Waals surface area contributed by atoms with Gasteiger partial charge in [-0.15, -0.1) is 0 Å². The summed E-state index contributed by atoms with van der Waals surface area (Å²) in [5.74, 6) is -0.686. The highest BCUT2D eigenvalue weighted by atomic mass is 16.6. The first-order valence-corrected chi connectivity index (χ1v) is 10.9. The maximum Gasteiger partial charge on any atom is 0.407 e. The molecule has 0 unspecified atom stereocenters. The first-order valence-electron chi connectivity index (χ1n) is 10.9. The number of alkyl carbamates (subject to hydrolysis) is 1. The second-order valence-electron chi connectivity index (χ2n) is 7.99. The summed E-state index contributed by atoms with van der Waals surface area (Å²) < 4.78 is 15.4. The van der Waals surface area contributed by atoms with Crippen molar-refractivity contribution in [3.05, 3.63) is 89.5 Å². The van der Waals surface area contributed by atoms with Crippen LogP contribution in [0.15, 0.2) is 72.8 Å². The maximum absolute atomic E-state index is 12.6. The zero-order chi connectivity index (χ0) is 24.1. The molecule has 1 atom stereocenters. The lowest BCUT2D eigenvalue weighted by atomic mass is 9.98. The van der Waals surface area contributed by atoms with Gasteiger partial charge in [0.15, 0.2) is 0 Å². The molecule has 174 valence electrons. The van der Waals surface area contributed by atoms with Crippen LogP contribution in [0, 0.1) is 0 Å². The average molecular weight is 459 g/mol. The fourth-order valence-corrected chi connectivity index (χ4v) is 4.21. The van der Waals surface area contributed by atoms with E-state index in [1.54, 1.807) is 24.3 Å². The van der Waals surface area contributed by atoms with Crippen LogP contribution in [-0.4, -0.2) is 37.8 Å². The molecule has 0 saturated heterocycles. The van der Waals surface area contributed by atoms with Gasteiger partial charge in [0.25, 0.3) is 0 Å². The summed E-state index contributed by atoms with van der Waals surface area (Å²) in [6, 6.07) is 21.9. The van der Waals surface area contributed by atoms with Crippen LogP contribution >= 0.6 is 0 Å². The fraction of sp³-hybridized carbons (Fsp3) is 0.222. The molecule has 1 amide bonds. The molecular formula is C27H25NO6. The first kappa shape index (κ1) is 23.0. The van der Waals surface area contributed by atoms with E-state index in [1.807, 2.05) is 36.4 Å². The highest BCUT2D eigenvalue weighted by Crippen LogP contribution is 2.44. The van der Waals surface area contributed by atoms with E-state index in [4.69, 9.17) is 14.2 Å². The standard InChI is InChI=1S/C27H25NO6/c1-17(29)34-19-13-11-18(12-14-19)15-25(26(30)32-2)28-27(31)33-16-24-22-9-5-3-7-20(22)21-8-4-6-10-23(21)24/h3-14,24-25H,15-16H2,1-2H3,(H,28,31)/t25-/m0/s1. The van der Waals surface area contributed by atoms with Gasteiger partial charge in [0.05, 0.1) is 7.11 Å². The summed E-state index contributed by atoms with van der Waals surface area (Å²) in [6.45, 7) is 1.46. The average Bonchev–Trinajstić information content (AvgIpc) is 3.16. The molecule has 4 rings (SSSR count). The van der Waals surface area contributed by atoms with E-state index in [0.717, 1.165) is 27.8 Å². The Morgan fingerprint density at radius 2 is 1.47 bits per heavy atom. The number of ether oxygens (including phenoxy) is 3. The molecule has 0 saturated carbocycles. The van der Waals surface area contributed by atoms with Gasteiger partial charge in [0.2, 0.25) is 0 Å². The molecule has 7 nitrogen and oxygen atoms in total. The predicted molar refractivity (Wildman–Crippen MR) is 125 cm³/mol. The van der Waals surface area contributed by atoms with E-state index < -0.39 is 24.1 Å². The van der Waals surface area contributed by atoms with E-state index in [-0.39, 0.29) is 18.9 Å². The van der Waals surface area contributed by atoms with Crippen LogP contribution in [0.2, 0.25) is 0 Å². The molecule has 0 radical (unpaired) electrons. The molecule has 1 aliphatic rings. The van der Waals surface area contributed by atoms with Gasteiger partial charge >= 0.3 is 18.0 Å². The van der Waals surface area contributed by atoms with Gasteiger partial charge in [-0.2, -0.15) is 0 Å². The quantitative estimate of drug-likeness (QED) is 0.420. The minimum atomic E-state index is -0.930. The smallest absolute Gasteiger partial charge is 0.407 e. The van der Waals surface area contributed by atoms with Crippen molar-refractivity contribution in [2.75, 3.05) is 13.7 Å². The van der Waals surface area contributed by atoms with Crippen molar-refractivity contribution < 1.29 is 28.6 Å². The SMILES string of the molecule is COC(=O)[C@H](Cc1ccc(OC(C)=O)cc1)NC(=O)OCC1c2ccccc2-c2ccccc21. The van der Waals surface area contributed by atoms with Crippen LogP contribution < -0.4 is 10.1 Å². The molecule has 1 aliphatic carbocycles. The highest BCUT2D eigenvalue weighted by Gasteiger charge is 2.30. The second-order valence-corrected chi connectivity index (χ2v) is 7.99. The Hall–Kier alpha value is -4.13. The third-order valence-electron chi connectivity index (χ3n) is 5.75. The van der Waals surface area contributed by atoms with Crippen molar-refractivity contribution in [2.24, 2.45) is 0 Å². The number of carbonyl (C=O) groups excluding carboxylic acids is 3. The lowest BCUT2D eigenvalue weighted by Gasteiger charge is -2.18. The Morgan fingerprint density at radius 1 is 0.882 bits per heavy atom. The van der Waals surface area contributed by atoms with Crippen molar-refractivity contribution >= 4 is 18.0 Å². The van der Waals surface area contributed by atoms with Gasteiger partial charge in [0, 0.05) is 19.3 Å². The molecule has 0 bridgehead atoms. The number of hydrogen-bond donors (Lipinski definition) is 1. The molecule has 0 spiro atoms. The lowest BCUT2D eigenvalue weighted by Crippen LogP contribution is -2.43. The summed E-state index contributed by atoms with van der Waals surface area (Å²) in [6.07, 6.45) is -0.509. The van der Waals surface area contributed by atoms with Crippen LogP contribution in [0.25, 0.3) is 11.1 Å². The van der Waals surface area contributed by atoms with E-state index in [9.17, 15) is 14.4 Å². The first-order chi connectivity index (χ1) is 16.5. The van der Waals surface area contributed by atoms with Crippen molar-refractivity contribution in [1.29, 1.82) is 0 Å². The summed E-state index contributed by atoms with van der Waals surface area (Å²) in [7, 11) is 1.26. The largest absolute Gasteiger partial charge is 0.467 e.